The standard InChI is InChI=1S/C15H13F4N3O/c16-12-4-1-10(2-5-12)14(23)21-8-7-20-13-6-3-11(9-22-13)15(17,18)19/h1-6,9H,7-8H2,(H,20,22)(H,21,23). The fourth-order valence-electron chi connectivity index (χ4n) is 1.74. The van der Waals surface area contributed by atoms with E-state index < -0.39 is 17.6 Å². The van der Waals surface area contributed by atoms with Crippen LogP contribution in [0, 0.1) is 5.82 Å². The molecule has 1 heterocycles. The number of carbonyl (C=O) groups is 1. The lowest BCUT2D eigenvalue weighted by Crippen LogP contribution is -2.28. The van der Waals surface area contributed by atoms with Gasteiger partial charge in [-0.15, -0.1) is 0 Å². The highest BCUT2D eigenvalue weighted by Crippen LogP contribution is 2.28. The summed E-state index contributed by atoms with van der Waals surface area (Å²) in [5.74, 6) is -0.530. The predicted octanol–water partition coefficient (Wildman–Crippen LogP) is 3.08. The molecule has 0 aliphatic rings. The minimum absolute atomic E-state index is 0.235. The molecule has 0 fully saturated rings. The van der Waals surface area contributed by atoms with Crippen LogP contribution in [0.25, 0.3) is 0 Å². The average Bonchev–Trinajstić information content (AvgIpc) is 2.51. The van der Waals surface area contributed by atoms with Gasteiger partial charge in [-0.05, 0) is 36.4 Å². The van der Waals surface area contributed by atoms with Crippen LogP contribution in [0.1, 0.15) is 15.9 Å². The molecule has 0 saturated carbocycles. The number of hydrogen-bond donors (Lipinski definition) is 2. The van der Waals surface area contributed by atoms with E-state index in [4.69, 9.17) is 0 Å². The van der Waals surface area contributed by atoms with Crippen molar-refractivity contribution in [2.75, 3.05) is 18.4 Å². The van der Waals surface area contributed by atoms with Crippen LogP contribution in [0.5, 0.6) is 0 Å². The molecular weight excluding hydrogens is 314 g/mol. The van der Waals surface area contributed by atoms with E-state index in [9.17, 15) is 22.4 Å². The monoisotopic (exact) mass is 327 g/mol. The van der Waals surface area contributed by atoms with Crippen molar-refractivity contribution >= 4 is 11.7 Å². The Labute approximate surface area is 129 Å². The summed E-state index contributed by atoms with van der Waals surface area (Å²) in [6, 6.07) is 7.21. The second kappa shape index (κ2) is 7.08. The summed E-state index contributed by atoms with van der Waals surface area (Å²) in [4.78, 5) is 15.4. The predicted molar refractivity (Wildman–Crippen MR) is 76.5 cm³/mol. The number of hydrogen-bond acceptors (Lipinski definition) is 3. The maximum Gasteiger partial charge on any atom is 0.417 e. The van der Waals surface area contributed by atoms with Crippen LogP contribution in [0.4, 0.5) is 23.4 Å². The van der Waals surface area contributed by atoms with E-state index in [2.05, 4.69) is 15.6 Å². The van der Waals surface area contributed by atoms with Gasteiger partial charge in [-0.2, -0.15) is 13.2 Å². The molecule has 2 N–H and O–H groups in total. The minimum Gasteiger partial charge on any atom is -0.368 e. The third-order valence-electron chi connectivity index (χ3n) is 2.91. The van der Waals surface area contributed by atoms with Gasteiger partial charge in [0.05, 0.1) is 5.56 Å². The molecule has 8 heteroatoms. The van der Waals surface area contributed by atoms with Gasteiger partial charge in [0.25, 0.3) is 5.91 Å². The van der Waals surface area contributed by atoms with E-state index in [1.165, 1.54) is 30.3 Å². The zero-order valence-electron chi connectivity index (χ0n) is 11.8. The molecule has 0 spiro atoms. The van der Waals surface area contributed by atoms with Crippen LogP contribution in [0.15, 0.2) is 42.6 Å². The van der Waals surface area contributed by atoms with Gasteiger partial charge < -0.3 is 10.6 Å². The summed E-state index contributed by atoms with van der Waals surface area (Å²) < 4.78 is 49.8. The quantitative estimate of drug-likeness (QED) is 0.655. The van der Waals surface area contributed by atoms with Crippen molar-refractivity contribution in [3.63, 3.8) is 0 Å². The molecule has 0 bridgehead atoms. The summed E-state index contributed by atoms with van der Waals surface area (Å²) >= 11 is 0. The topological polar surface area (TPSA) is 54.0 Å². The molecule has 0 saturated heterocycles. The maximum atomic E-state index is 12.7. The third kappa shape index (κ3) is 4.94. The highest BCUT2D eigenvalue weighted by atomic mass is 19.4. The number of anilines is 1. The highest BCUT2D eigenvalue weighted by molar-refractivity contribution is 5.94. The highest BCUT2D eigenvalue weighted by Gasteiger charge is 2.30. The number of halogens is 4. The smallest absolute Gasteiger partial charge is 0.368 e. The first-order valence-electron chi connectivity index (χ1n) is 6.67. The molecule has 0 aliphatic carbocycles. The molecule has 23 heavy (non-hydrogen) atoms. The maximum absolute atomic E-state index is 12.7. The summed E-state index contributed by atoms with van der Waals surface area (Å²) in [6.45, 7) is 0.518. The summed E-state index contributed by atoms with van der Waals surface area (Å²) in [5.41, 5.74) is -0.508. The van der Waals surface area contributed by atoms with Crippen molar-refractivity contribution in [2.24, 2.45) is 0 Å². The summed E-state index contributed by atoms with van der Waals surface area (Å²) in [6.07, 6.45) is -3.69. The first-order valence-corrected chi connectivity index (χ1v) is 6.67. The van der Waals surface area contributed by atoms with Crippen molar-refractivity contribution in [3.8, 4) is 0 Å². The van der Waals surface area contributed by atoms with Crippen LogP contribution in [-0.4, -0.2) is 24.0 Å². The SMILES string of the molecule is O=C(NCCNc1ccc(C(F)(F)F)cn1)c1ccc(F)cc1. The fourth-order valence-corrected chi connectivity index (χ4v) is 1.74. The first kappa shape index (κ1) is 16.7. The average molecular weight is 327 g/mol. The molecule has 1 aromatic carbocycles. The number of rotatable bonds is 5. The largest absolute Gasteiger partial charge is 0.417 e. The summed E-state index contributed by atoms with van der Waals surface area (Å²) in [7, 11) is 0. The van der Waals surface area contributed by atoms with Crippen molar-refractivity contribution in [1.82, 2.24) is 10.3 Å². The Balaban J connectivity index is 1.77. The Bertz CT molecular complexity index is 654. The van der Waals surface area contributed by atoms with Crippen LogP contribution < -0.4 is 10.6 Å². The third-order valence-corrected chi connectivity index (χ3v) is 2.91. The molecule has 0 radical (unpaired) electrons. The van der Waals surface area contributed by atoms with Gasteiger partial charge in [0.15, 0.2) is 0 Å². The van der Waals surface area contributed by atoms with E-state index in [1.807, 2.05) is 0 Å². The molecule has 0 unspecified atom stereocenters. The van der Waals surface area contributed by atoms with E-state index in [-0.39, 0.29) is 24.8 Å². The fraction of sp³-hybridized carbons (Fsp3) is 0.200. The van der Waals surface area contributed by atoms with Crippen LogP contribution in [-0.2, 0) is 6.18 Å². The van der Waals surface area contributed by atoms with Gasteiger partial charge in [0.1, 0.15) is 11.6 Å². The van der Waals surface area contributed by atoms with Gasteiger partial charge >= 0.3 is 6.18 Å². The Hall–Kier alpha value is -2.64. The lowest BCUT2D eigenvalue weighted by atomic mass is 10.2. The Morgan fingerprint density at radius 3 is 2.30 bits per heavy atom. The number of aromatic nitrogens is 1. The lowest BCUT2D eigenvalue weighted by molar-refractivity contribution is -0.137. The van der Waals surface area contributed by atoms with Gasteiger partial charge in [-0.1, -0.05) is 0 Å². The Kier molecular flexibility index (Phi) is 5.15. The normalized spacial score (nSPS) is 11.1. The molecule has 1 amide bonds. The number of nitrogens with one attached hydrogen (secondary N) is 2. The zero-order valence-corrected chi connectivity index (χ0v) is 11.8. The first-order chi connectivity index (χ1) is 10.9. The van der Waals surface area contributed by atoms with Crippen LogP contribution >= 0.6 is 0 Å². The van der Waals surface area contributed by atoms with Crippen molar-refractivity contribution < 1.29 is 22.4 Å². The van der Waals surface area contributed by atoms with Crippen LogP contribution in [0.2, 0.25) is 0 Å². The van der Waals surface area contributed by atoms with Crippen LogP contribution in [0.3, 0.4) is 0 Å². The zero-order chi connectivity index (χ0) is 16.9. The molecule has 2 rings (SSSR count). The van der Waals surface area contributed by atoms with Crippen molar-refractivity contribution in [3.05, 3.63) is 59.5 Å². The minimum atomic E-state index is -4.42. The number of carbonyl (C=O) groups excluding carboxylic acids is 1. The molecule has 2 aromatic rings. The molecule has 122 valence electrons. The van der Waals surface area contributed by atoms with E-state index in [0.29, 0.717) is 5.56 Å². The molecule has 1 aromatic heterocycles. The summed E-state index contributed by atoms with van der Waals surface area (Å²) in [5, 5.41) is 5.38. The van der Waals surface area contributed by atoms with Gasteiger partial charge in [-0.3, -0.25) is 4.79 Å². The van der Waals surface area contributed by atoms with E-state index >= 15 is 0 Å². The number of benzene rings is 1. The second-order valence-electron chi connectivity index (χ2n) is 4.62. The van der Waals surface area contributed by atoms with Crippen molar-refractivity contribution in [1.29, 1.82) is 0 Å². The van der Waals surface area contributed by atoms with E-state index in [1.54, 1.807) is 0 Å². The Morgan fingerprint density at radius 1 is 1.04 bits per heavy atom. The molecule has 4 nitrogen and oxygen atoms in total. The number of nitrogens with zero attached hydrogens (tertiary/aromatic N) is 1. The molecule has 0 atom stereocenters. The van der Waals surface area contributed by atoms with E-state index in [0.717, 1.165) is 12.3 Å². The Morgan fingerprint density at radius 2 is 1.74 bits per heavy atom. The van der Waals surface area contributed by atoms with Gasteiger partial charge in [0, 0.05) is 24.8 Å². The number of alkyl halides is 3. The number of pyridine rings is 1. The lowest BCUT2D eigenvalue weighted by Gasteiger charge is -2.09. The second-order valence-corrected chi connectivity index (χ2v) is 4.62. The molecular formula is C15H13F4N3O. The van der Waals surface area contributed by atoms with Gasteiger partial charge in [-0.25, -0.2) is 9.37 Å². The molecule has 0 aliphatic heterocycles. The van der Waals surface area contributed by atoms with Crippen molar-refractivity contribution in [2.45, 2.75) is 6.18 Å². The number of amides is 1. The van der Waals surface area contributed by atoms with Gasteiger partial charge in [0.2, 0.25) is 0 Å².